The molecule has 0 fully saturated rings. The molecule has 1 N–H and O–H groups in total. The molecule has 0 radical (unpaired) electrons. The number of aromatic nitrogens is 1. The van der Waals surface area contributed by atoms with Crippen molar-refractivity contribution >= 4 is 42.4 Å². The molecular formula is C16H11F3N2O3S2. The molecule has 0 aliphatic rings. The minimum atomic E-state index is -4.55. The molecule has 10 heteroatoms. The maximum Gasteiger partial charge on any atom is 0.418 e. The van der Waals surface area contributed by atoms with Crippen molar-refractivity contribution in [2.45, 2.75) is 11.1 Å². The Labute approximate surface area is 150 Å². The van der Waals surface area contributed by atoms with Gasteiger partial charge in [-0.05, 0) is 36.4 Å². The lowest BCUT2D eigenvalue weighted by atomic mass is 10.2. The number of fused-ring (bicyclic) bond motifs is 1. The lowest BCUT2D eigenvalue weighted by molar-refractivity contribution is -0.136. The zero-order valence-corrected chi connectivity index (χ0v) is 14.8. The van der Waals surface area contributed by atoms with E-state index in [1.807, 2.05) is 0 Å². The summed E-state index contributed by atoms with van der Waals surface area (Å²) in [6.07, 6.45) is -3.50. The fraction of sp³-hybridized carbons (Fsp3) is 0.125. The van der Waals surface area contributed by atoms with Crippen molar-refractivity contribution in [3.8, 4) is 0 Å². The van der Waals surface area contributed by atoms with Gasteiger partial charge < -0.3 is 0 Å². The van der Waals surface area contributed by atoms with Gasteiger partial charge >= 0.3 is 6.18 Å². The summed E-state index contributed by atoms with van der Waals surface area (Å²) in [7, 11) is -3.39. The van der Waals surface area contributed by atoms with Gasteiger partial charge in [-0.25, -0.2) is 13.4 Å². The number of rotatable bonds is 3. The number of para-hydroxylation sites is 1. The Morgan fingerprint density at radius 2 is 1.77 bits per heavy atom. The average molecular weight is 400 g/mol. The molecule has 3 rings (SSSR count). The smallest absolute Gasteiger partial charge is 0.298 e. The molecule has 5 nitrogen and oxygen atoms in total. The molecule has 0 aliphatic carbocycles. The number of hydrogen-bond acceptors (Lipinski definition) is 5. The molecule has 0 atom stereocenters. The summed E-state index contributed by atoms with van der Waals surface area (Å²) >= 11 is 0.919. The Morgan fingerprint density at radius 3 is 2.35 bits per heavy atom. The monoisotopic (exact) mass is 400 g/mol. The van der Waals surface area contributed by atoms with Gasteiger partial charge in [0.15, 0.2) is 15.0 Å². The van der Waals surface area contributed by atoms with E-state index in [1.54, 1.807) is 0 Å². The van der Waals surface area contributed by atoms with Gasteiger partial charge in [0.1, 0.15) is 0 Å². The van der Waals surface area contributed by atoms with Crippen LogP contribution in [0.1, 0.15) is 15.9 Å². The highest BCUT2D eigenvalue weighted by Gasteiger charge is 2.33. The normalized spacial score (nSPS) is 12.3. The van der Waals surface area contributed by atoms with Crippen LogP contribution in [0.4, 0.5) is 18.3 Å². The number of alkyl halides is 3. The molecular weight excluding hydrogens is 389 g/mol. The first-order valence-electron chi connectivity index (χ1n) is 7.14. The van der Waals surface area contributed by atoms with Crippen molar-refractivity contribution in [3.63, 3.8) is 0 Å². The lowest BCUT2D eigenvalue weighted by Gasteiger charge is -2.06. The first-order chi connectivity index (χ1) is 12.1. The Bertz CT molecular complexity index is 1090. The van der Waals surface area contributed by atoms with E-state index in [-0.39, 0.29) is 21.1 Å². The van der Waals surface area contributed by atoms with Crippen LogP contribution in [-0.2, 0) is 16.0 Å². The van der Waals surface area contributed by atoms with Crippen molar-refractivity contribution in [3.05, 3.63) is 53.6 Å². The number of benzene rings is 2. The average Bonchev–Trinajstić information content (AvgIpc) is 2.95. The van der Waals surface area contributed by atoms with Crippen LogP contribution in [0.15, 0.2) is 47.4 Å². The minimum absolute atomic E-state index is 0.0221. The van der Waals surface area contributed by atoms with Crippen molar-refractivity contribution in [1.29, 1.82) is 0 Å². The number of carbonyl (C=O) groups is 1. The summed E-state index contributed by atoms with van der Waals surface area (Å²) in [4.78, 5) is 16.1. The number of sulfone groups is 1. The fourth-order valence-corrected chi connectivity index (χ4v) is 3.77. The topological polar surface area (TPSA) is 76.1 Å². The maximum absolute atomic E-state index is 13.0. The Kier molecular flexibility index (Phi) is 4.49. The Hall–Kier alpha value is -2.46. The number of halogens is 3. The Balaban J connectivity index is 1.88. The molecule has 1 heterocycles. The molecule has 0 spiro atoms. The molecule has 1 aromatic heterocycles. The van der Waals surface area contributed by atoms with Crippen LogP contribution in [0.3, 0.4) is 0 Å². The van der Waals surface area contributed by atoms with Gasteiger partial charge in [-0.1, -0.05) is 17.4 Å². The highest BCUT2D eigenvalue weighted by molar-refractivity contribution is 7.90. The van der Waals surface area contributed by atoms with E-state index in [9.17, 15) is 26.4 Å². The standard InChI is InChI=1S/C16H11F3N2O3S2/c1-26(23,24)10-7-5-9(6-8-10)14(22)21-15-20-13-11(16(17,18)19)3-2-4-12(13)25-15/h2-8H,1H3,(H,20,21,22). The number of anilines is 1. The predicted octanol–water partition coefficient (Wildman–Crippen LogP) is 3.97. The largest absolute Gasteiger partial charge is 0.418 e. The van der Waals surface area contributed by atoms with Gasteiger partial charge in [0.2, 0.25) is 0 Å². The van der Waals surface area contributed by atoms with Crippen LogP contribution in [0, 0.1) is 0 Å². The van der Waals surface area contributed by atoms with Crippen molar-refractivity contribution in [2.75, 3.05) is 11.6 Å². The van der Waals surface area contributed by atoms with Gasteiger partial charge in [0, 0.05) is 11.8 Å². The van der Waals surface area contributed by atoms with Crippen molar-refractivity contribution in [1.82, 2.24) is 4.98 Å². The predicted molar refractivity (Wildman–Crippen MR) is 92.1 cm³/mol. The highest BCUT2D eigenvalue weighted by Crippen LogP contribution is 2.37. The molecule has 0 bridgehead atoms. The number of hydrogen-bond donors (Lipinski definition) is 1. The van der Waals surface area contributed by atoms with Crippen LogP contribution in [-0.4, -0.2) is 25.6 Å². The second-order valence-electron chi connectivity index (χ2n) is 5.42. The second-order valence-corrected chi connectivity index (χ2v) is 8.47. The van der Waals surface area contributed by atoms with Gasteiger partial charge in [-0.2, -0.15) is 13.2 Å². The van der Waals surface area contributed by atoms with E-state index in [0.29, 0.717) is 4.70 Å². The van der Waals surface area contributed by atoms with E-state index >= 15 is 0 Å². The molecule has 136 valence electrons. The van der Waals surface area contributed by atoms with E-state index in [4.69, 9.17) is 0 Å². The molecule has 26 heavy (non-hydrogen) atoms. The van der Waals surface area contributed by atoms with Crippen LogP contribution in [0.25, 0.3) is 10.2 Å². The van der Waals surface area contributed by atoms with Crippen molar-refractivity contribution < 1.29 is 26.4 Å². The summed E-state index contributed by atoms with van der Waals surface area (Å²) in [5.74, 6) is -0.599. The third-order valence-electron chi connectivity index (χ3n) is 3.49. The molecule has 2 aromatic carbocycles. The van der Waals surface area contributed by atoms with E-state index in [2.05, 4.69) is 10.3 Å². The van der Waals surface area contributed by atoms with Crippen LogP contribution >= 0.6 is 11.3 Å². The third kappa shape index (κ3) is 3.70. The summed E-state index contributed by atoms with van der Waals surface area (Å²) in [6.45, 7) is 0. The van der Waals surface area contributed by atoms with Gasteiger partial charge in [-0.3, -0.25) is 10.1 Å². The van der Waals surface area contributed by atoms with Crippen LogP contribution in [0.5, 0.6) is 0 Å². The molecule has 1 amide bonds. The van der Waals surface area contributed by atoms with Crippen LogP contribution in [0.2, 0.25) is 0 Å². The maximum atomic E-state index is 13.0. The first-order valence-corrected chi connectivity index (χ1v) is 9.85. The second kappa shape index (κ2) is 6.36. The number of amides is 1. The summed E-state index contributed by atoms with van der Waals surface area (Å²) in [5, 5.41) is 2.46. The van der Waals surface area contributed by atoms with Gasteiger partial charge in [-0.15, -0.1) is 0 Å². The third-order valence-corrected chi connectivity index (χ3v) is 5.55. The van der Waals surface area contributed by atoms with Gasteiger partial charge in [0.25, 0.3) is 5.91 Å². The quantitative estimate of drug-likeness (QED) is 0.722. The summed E-state index contributed by atoms with van der Waals surface area (Å²) in [6, 6.07) is 8.89. The highest BCUT2D eigenvalue weighted by atomic mass is 32.2. The number of nitrogens with zero attached hydrogens (tertiary/aromatic N) is 1. The molecule has 0 unspecified atom stereocenters. The summed E-state index contributed by atoms with van der Waals surface area (Å²) < 4.78 is 62.2. The molecule has 0 saturated heterocycles. The van der Waals surface area contributed by atoms with E-state index < -0.39 is 27.5 Å². The molecule has 3 aromatic rings. The number of thiazole rings is 1. The minimum Gasteiger partial charge on any atom is -0.298 e. The molecule has 0 saturated carbocycles. The van der Waals surface area contributed by atoms with Crippen LogP contribution < -0.4 is 5.32 Å². The van der Waals surface area contributed by atoms with E-state index in [1.165, 1.54) is 36.4 Å². The van der Waals surface area contributed by atoms with Gasteiger partial charge in [0.05, 0.1) is 20.7 Å². The number of carbonyl (C=O) groups excluding carboxylic acids is 1. The zero-order chi connectivity index (χ0) is 19.1. The number of nitrogens with one attached hydrogen (secondary N) is 1. The summed E-state index contributed by atoms with van der Waals surface area (Å²) in [5.41, 5.74) is -0.940. The fourth-order valence-electron chi connectivity index (χ4n) is 2.25. The van der Waals surface area contributed by atoms with Crippen molar-refractivity contribution in [2.24, 2.45) is 0 Å². The molecule has 0 aliphatic heterocycles. The lowest BCUT2D eigenvalue weighted by Crippen LogP contribution is -2.12. The van der Waals surface area contributed by atoms with E-state index in [0.717, 1.165) is 23.7 Å². The Morgan fingerprint density at radius 1 is 1.12 bits per heavy atom. The first kappa shape index (κ1) is 18.3. The zero-order valence-electron chi connectivity index (χ0n) is 13.2. The SMILES string of the molecule is CS(=O)(=O)c1ccc(C(=O)Nc2nc3c(C(F)(F)F)cccc3s2)cc1.